The van der Waals surface area contributed by atoms with Crippen LogP contribution < -0.4 is 5.32 Å². The maximum absolute atomic E-state index is 13.3. The molecule has 0 heterocycles. The summed E-state index contributed by atoms with van der Waals surface area (Å²) in [4.78, 5) is 0. The van der Waals surface area contributed by atoms with Crippen molar-refractivity contribution in [1.82, 2.24) is 5.32 Å². The first-order valence-electron chi connectivity index (χ1n) is 6.28. The van der Waals surface area contributed by atoms with Gasteiger partial charge in [-0.25, -0.2) is 4.39 Å². The maximum Gasteiger partial charge on any atom is 0.123 e. The van der Waals surface area contributed by atoms with E-state index in [0.29, 0.717) is 0 Å². The van der Waals surface area contributed by atoms with Gasteiger partial charge < -0.3 is 5.32 Å². The Bertz CT molecular complexity index is 551. The fourth-order valence-corrected chi connectivity index (χ4v) is 2.51. The molecule has 0 radical (unpaired) electrons. The maximum atomic E-state index is 13.3. The minimum Gasteiger partial charge on any atom is -0.313 e. The third kappa shape index (κ3) is 3.64. The summed E-state index contributed by atoms with van der Waals surface area (Å²) in [5, 5.41) is 3.29. The van der Waals surface area contributed by atoms with Gasteiger partial charge in [0.05, 0.1) is 0 Å². The highest BCUT2D eigenvalue weighted by molar-refractivity contribution is 9.10. The molecule has 0 aromatic heterocycles. The molecular formula is C16H17BrFN. The van der Waals surface area contributed by atoms with E-state index in [0.717, 1.165) is 16.5 Å². The number of halogens is 2. The zero-order chi connectivity index (χ0) is 13.8. The number of nitrogens with one attached hydrogen (secondary N) is 1. The van der Waals surface area contributed by atoms with E-state index in [2.05, 4.69) is 52.4 Å². The second-order valence-electron chi connectivity index (χ2n) is 4.69. The highest BCUT2D eigenvalue weighted by Crippen LogP contribution is 2.24. The Balaban J connectivity index is 2.23. The van der Waals surface area contributed by atoms with Crippen LogP contribution in [0.15, 0.2) is 46.9 Å². The highest BCUT2D eigenvalue weighted by atomic mass is 79.9. The SMILES string of the molecule is CNC(Cc1cc(F)ccc1Br)c1ccc(C)cc1. The summed E-state index contributed by atoms with van der Waals surface area (Å²) in [7, 11) is 1.93. The monoisotopic (exact) mass is 321 g/mol. The molecule has 0 aliphatic carbocycles. The predicted octanol–water partition coefficient (Wildman–Crippen LogP) is 4.40. The van der Waals surface area contributed by atoms with Crippen molar-refractivity contribution in [1.29, 1.82) is 0 Å². The summed E-state index contributed by atoms with van der Waals surface area (Å²) in [5.41, 5.74) is 3.43. The van der Waals surface area contributed by atoms with E-state index >= 15 is 0 Å². The highest BCUT2D eigenvalue weighted by Gasteiger charge is 2.12. The minimum absolute atomic E-state index is 0.179. The number of hydrogen-bond donors (Lipinski definition) is 1. The molecule has 100 valence electrons. The Hall–Kier alpha value is -1.19. The second kappa shape index (κ2) is 6.31. The third-order valence-electron chi connectivity index (χ3n) is 3.26. The molecule has 0 saturated carbocycles. The molecule has 0 saturated heterocycles. The van der Waals surface area contributed by atoms with Gasteiger partial charge in [0.1, 0.15) is 5.82 Å². The van der Waals surface area contributed by atoms with Gasteiger partial charge >= 0.3 is 0 Å². The van der Waals surface area contributed by atoms with Crippen LogP contribution in [0.4, 0.5) is 4.39 Å². The zero-order valence-electron chi connectivity index (χ0n) is 11.1. The molecule has 3 heteroatoms. The van der Waals surface area contributed by atoms with Crippen molar-refractivity contribution < 1.29 is 4.39 Å². The minimum atomic E-state index is -0.197. The van der Waals surface area contributed by atoms with Gasteiger partial charge in [-0.2, -0.15) is 0 Å². The Morgan fingerprint density at radius 2 is 1.84 bits per heavy atom. The van der Waals surface area contributed by atoms with Crippen LogP contribution in [0.3, 0.4) is 0 Å². The Labute approximate surface area is 122 Å². The first-order valence-corrected chi connectivity index (χ1v) is 7.07. The average molecular weight is 322 g/mol. The van der Waals surface area contributed by atoms with Crippen molar-refractivity contribution in [3.05, 3.63) is 69.4 Å². The lowest BCUT2D eigenvalue weighted by molar-refractivity contribution is 0.583. The van der Waals surface area contributed by atoms with Gasteiger partial charge in [-0.3, -0.25) is 0 Å². The van der Waals surface area contributed by atoms with E-state index in [4.69, 9.17) is 0 Å². The van der Waals surface area contributed by atoms with Gasteiger partial charge in [-0.05, 0) is 49.7 Å². The van der Waals surface area contributed by atoms with Gasteiger partial charge in [0.25, 0.3) is 0 Å². The van der Waals surface area contributed by atoms with Gasteiger partial charge in [-0.1, -0.05) is 45.8 Å². The van der Waals surface area contributed by atoms with Crippen LogP contribution in [0, 0.1) is 12.7 Å². The number of hydrogen-bond acceptors (Lipinski definition) is 1. The molecule has 19 heavy (non-hydrogen) atoms. The molecule has 0 bridgehead atoms. The molecule has 0 amide bonds. The quantitative estimate of drug-likeness (QED) is 0.880. The van der Waals surface area contributed by atoms with E-state index in [9.17, 15) is 4.39 Å². The van der Waals surface area contributed by atoms with E-state index in [1.54, 1.807) is 12.1 Å². The molecule has 0 aliphatic heterocycles. The van der Waals surface area contributed by atoms with E-state index < -0.39 is 0 Å². The standard InChI is InChI=1S/C16H17BrFN/c1-11-3-5-12(6-4-11)16(19-2)10-13-9-14(18)7-8-15(13)17/h3-9,16,19H,10H2,1-2H3. The molecule has 2 aromatic carbocycles. The molecule has 1 unspecified atom stereocenters. The number of benzene rings is 2. The topological polar surface area (TPSA) is 12.0 Å². The number of aryl methyl sites for hydroxylation is 1. The predicted molar refractivity (Wildman–Crippen MR) is 80.8 cm³/mol. The molecule has 1 nitrogen and oxygen atoms in total. The fourth-order valence-electron chi connectivity index (χ4n) is 2.10. The first-order chi connectivity index (χ1) is 9.10. The van der Waals surface area contributed by atoms with Crippen LogP contribution >= 0.6 is 15.9 Å². The van der Waals surface area contributed by atoms with E-state index in [-0.39, 0.29) is 11.9 Å². The third-order valence-corrected chi connectivity index (χ3v) is 4.03. The Morgan fingerprint density at radius 1 is 1.16 bits per heavy atom. The lowest BCUT2D eigenvalue weighted by Gasteiger charge is -2.18. The van der Waals surface area contributed by atoms with Crippen molar-refractivity contribution in [2.75, 3.05) is 7.05 Å². The van der Waals surface area contributed by atoms with Crippen molar-refractivity contribution >= 4 is 15.9 Å². The molecule has 2 aromatic rings. The largest absolute Gasteiger partial charge is 0.313 e. The average Bonchev–Trinajstić information content (AvgIpc) is 2.41. The van der Waals surface area contributed by atoms with Gasteiger partial charge in [-0.15, -0.1) is 0 Å². The van der Waals surface area contributed by atoms with Crippen molar-refractivity contribution in [2.45, 2.75) is 19.4 Å². The lowest BCUT2D eigenvalue weighted by Crippen LogP contribution is -2.19. The normalized spacial score (nSPS) is 12.4. The molecule has 1 N–H and O–H groups in total. The molecule has 0 aliphatic rings. The lowest BCUT2D eigenvalue weighted by atomic mass is 9.98. The molecule has 0 fully saturated rings. The summed E-state index contributed by atoms with van der Waals surface area (Å²) < 4.78 is 14.3. The number of likely N-dealkylation sites (N-methyl/N-ethyl adjacent to an activating group) is 1. The Kier molecular flexibility index (Phi) is 4.72. The van der Waals surface area contributed by atoms with Crippen LogP contribution in [-0.2, 0) is 6.42 Å². The molecular weight excluding hydrogens is 305 g/mol. The summed E-state index contributed by atoms with van der Waals surface area (Å²) in [6.07, 6.45) is 0.748. The van der Waals surface area contributed by atoms with Crippen LogP contribution in [-0.4, -0.2) is 7.05 Å². The molecule has 2 rings (SSSR count). The second-order valence-corrected chi connectivity index (χ2v) is 5.55. The van der Waals surface area contributed by atoms with Crippen LogP contribution in [0.25, 0.3) is 0 Å². The summed E-state index contributed by atoms with van der Waals surface area (Å²) in [6.45, 7) is 2.07. The first kappa shape index (κ1) is 14.2. The number of rotatable bonds is 4. The van der Waals surface area contributed by atoms with Crippen molar-refractivity contribution in [3.8, 4) is 0 Å². The molecule has 0 spiro atoms. The van der Waals surface area contributed by atoms with Crippen LogP contribution in [0.1, 0.15) is 22.7 Å². The zero-order valence-corrected chi connectivity index (χ0v) is 12.7. The van der Waals surface area contributed by atoms with Gasteiger partial charge in [0.2, 0.25) is 0 Å². The molecule has 1 atom stereocenters. The van der Waals surface area contributed by atoms with Crippen molar-refractivity contribution in [3.63, 3.8) is 0 Å². The smallest absolute Gasteiger partial charge is 0.123 e. The van der Waals surface area contributed by atoms with Gasteiger partial charge in [0, 0.05) is 10.5 Å². The summed E-state index contributed by atoms with van der Waals surface area (Å²) >= 11 is 3.48. The summed E-state index contributed by atoms with van der Waals surface area (Å²) in [5.74, 6) is -0.197. The van der Waals surface area contributed by atoms with Crippen molar-refractivity contribution in [2.24, 2.45) is 0 Å². The van der Waals surface area contributed by atoms with Crippen LogP contribution in [0.2, 0.25) is 0 Å². The van der Waals surface area contributed by atoms with Crippen LogP contribution in [0.5, 0.6) is 0 Å². The fraction of sp³-hybridized carbons (Fsp3) is 0.250. The Morgan fingerprint density at radius 3 is 2.47 bits per heavy atom. The summed E-state index contributed by atoms with van der Waals surface area (Å²) in [6, 6.07) is 13.4. The van der Waals surface area contributed by atoms with E-state index in [1.165, 1.54) is 17.2 Å². The van der Waals surface area contributed by atoms with E-state index in [1.807, 2.05) is 7.05 Å². The van der Waals surface area contributed by atoms with Gasteiger partial charge in [0.15, 0.2) is 0 Å².